The zero-order chi connectivity index (χ0) is 14.5. The van der Waals surface area contributed by atoms with Crippen LogP contribution in [0.1, 0.15) is 32.3 Å². The zero-order valence-electron chi connectivity index (χ0n) is 12.3. The molecule has 1 N–H and O–H groups in total. The maximum atomic E-state index is 14.2. The number of nitrogens with one attached hydrogen (secondary N) is 1. The van der Waals surface area contributed by atoms with Crippen LogP contribution in [0, 0.1) is 24.5 Å². The molecule has 0 amide bonds. The van der Waals surface area contributed by atoms with Crippen molar-refractivity contribution in [2.75, 3.05) is 18.0 Å². The van der Waals surface area contributed by atoms with Gasteiger partial charge >= 0.3 is 0 Å². The van der Waals surface area contributed by atoms with E-state index in [-0.39, 0.29) is 23.2 Å². The average Bonchev–Trinajstić information content (AvgIpc) is 3.22. The number of nitrogens with zero attached hydrogens (tertiary/aromatic N) is 1. The van der Waals surface area contributed by atoms with Crippen LogP contribution in [0.5, 0.6) is 0 Å². The fourth-order valence-electron chi connectivity index (χ4n) is 3.23. The van der Waals surface area contributed by atoms with Crippen molar-refractivity contribution < 1.29 is 8.78 Å². The van der Waals surface area contributed by atoms with Gasteiger partial charge in [0.05, 0.1) is 5.69 Å². The second kappa shape index (κ2) is 4.69. The van der Waals surface area contributed by atoms with Gasteiger partial charge in [0.1, 0.15) is 11.6 Å². The molecule has 2 aliphatic rings. The van der Waals surface area contributed by atoms with E-state index in [9.17, 15) is 8.78 Å². The number of hydrogen-bond acceptors (Lipinski definition) is 2. The Bertz CT molecular complexity index is 527. The van der Waals surface area contributed by atoms with E-state index in [4.69, 9.17) is 0 Å². The SMILES string of the molecule is Cc1cc(F)c(N2CC(C)(C3CC3)NCC2C)cc1F. The van der Waals surface area contributed by atoms with Crippen molar-refractivity contribution in [1.29, 1.82) is 0 Å². The van der Waals surface area contributed by atoms with Crippen LogP contribution in [0.4, 0.5) is 14.5 Å². The van der Waals surface area contributed by atoms with Crippen molar-refractivity contribution in [2.24, 2.45) is 5.92 Å². The highest BCUT2D eigenvalue weighted by Crippen LogP contribution is 2.42. The van der Waals surface area contributed by atoms with Crippen LogP contribution >= 0.6 is 0 Å². The topological polar surface area (TPSA) is 15.3 Å². The highest BCUT2D eigenvalue weighted by Gasteiger charge is 2.45. The number of hydrogen-bond donors (Lipinski definition) is 1. The molecule has 2 atom stereocenters. The maximum Gasteiger partial charge on any atom is 0.146 e. The van der Waals surface area contributed by atoms with E-state index in [0.29, 0.717) is 17.2 Å². The van der Waals surface area contributed by atoms with Crippen LogP contribution in [-0.2, 0) is 0 Å². The molecule has 0 radical (unpaired) electrons. The summed E-state index contributed by atoms with van der Waals surface area (Å²) in [6, 6.07) is 2.81. The van der Waals surface area contributed by atoms with Crippen molar-refractivity contribution in [2.45, 2.75) is 45.2 Å². The Balaban J connectivity index is 1.93. The van der Waals surface area contributed by atoms with Gasteiger partial charge in [-0.1, -0.05) is 0 Å². The summed E-state index contributed by atoms with van der Waals surface area (Å²) >= 11 is 0. The summed E-state index contributed by atoms with van der Waals surface area (Å²) in [7, 11) is 0. The van der Waals surface area contributed by atoms with E-state index in [2.05, 4.69) is 19.2 Å². The average molecular weight is 280 g/mol. The summed E-state index contributed by atoms with van der Waals surface area (Å²) in [5.74, 6) is 0.00640. The first kappa shape index (κ1) is 13.8. The Morgan fingerprint density at radius 2 is 1.95 bits per heavy atom. The van der Waals surface area contributed by atoms with Crippen LogP contribution in [0.25, 0.3) is 0 Å². The van der Waals surface area contributed by atoms with Crippen LogP contribution in [0.2, 0.25) is 0 Å². The first-order valence-electron chi connectivity index (χ1n) is 7.38. The van der Waals surface area contributed by atoms with E-state index >= 15 is 0 Å². The molecule has 1 heterocycles. The van der Waals surface area contributed by atoms with E-state index in [1.54, 1.807) is 6.92 Å². The minimum atomic E-state index is -0.333. The number of benzene rings is 1. The third kappa shape index (κ3) is 2.30. The number of piperazine rings is 1. The first-order chi connectivity index (χ1) is 9.40. The van der Waals surface area contributed by atoms with E-state index in [0.717, 1.165) is 13.1 Å². The summed E-state index contributed by atoms with van der Waals surface area (Å²) in [6.07, 6.45) is 2.47. The molecule has 1 aromatic rings. The van der Waals surface area contributed by atoms with E-state index in [1.165, 1.54) is 25.0 Å². The highest BCUT2D eigenvalue weighted by atomic mass is 19.1. The monoisotopic (exact) mass is 280 g/mol. The Hall–Kier alpha value is -1.16. The quantitative estimate of drug-likeness (QED) is 0.894. The minimum absolute atomic E-state index is 0.0142. The molecular formula is C16H22F2N2. The molecule has 20 heavy (non-hydrogen) atoms. The number of rotatable bonds is 2. The van der Waals surface area contributed by atoms with Crippen molar-refractivity contribution in [3.05, 3.63) is 29.3 Å². The van der Waals surface area contributed by atoms with Gasteiger partial charge in [-0.2, -0.15) is 0 Å². The molecule has 2 fully saturated rings. The van der Waals surface area contributed by atoms with Gasteiger partial charge in [0.15, 0.2) is 0 Å². The number of anilines is 1. The van der Waals surface area contributed by atoms with Crippen molar-refractivity contribution in [3.63, 3.8) is 0 Å². The van der Waals surface area contributed by atoms with Gasteiger partial charge < -0.3 is 10.2 Å². The molecule has 1 saturated carbocycles. The molecule has 2 nitrogen and oxygen atoms in total. The lowest BCUT2D eigenvalue weighted by atomic mass is 9.90. The molecule has 0 bridgehead atoms. The summed E-state index contributed by atoms with van der Waals surface area (Å²) < 4.78 is 28.0. The lowest BCUT2D eigenvalue weighted by Crippen LogP contribution is -2.63. The van der Waals surface area contributed by atoms with Crippen LogP contribution < -0.4 is 10.2 Å². The Morgan fingerprint density at radius 1 is 1.25 bits per heavy atom. The Labute approximate surface area is 119 Å². The first-order valence-corrected chi connectivity index (χ1v) is 7.38. The molecular weight excluding hydrogens is 258 g/mol. The summed E-state index contributed by atoms with van der Waals surface area (Å²) in [6.45, 7) is 7.39. The summed E-state index contributed by atoms with van der Waals surface area (Å²) in [4.78, 5) is 2.02. The number of halogens is 2. The Kier molecular flexibility index (Phi) is 3.24. The predicted molar refractivity (Wildman–Crippen MR) is 77.0 cm³/mol. The van der Waals surface area contributed by atoms with Gasteiger partial charge in [-0.05, 0) is 51.2 Å². The highest BCUT2D eigenvalue weighted by molar-refractivity contribution is 5.52. The Morgan fingerprint density at radius 3 is 2.60 bits per heavy atom. The molecule has 1 saturated heterocycles. The summed E-state index contributed by atoms with van der Waals surface area (Å²) in [5, 5.41) is 3.59. The molecule has 3 rings (SSSR count). The third-order valence-electron chi connectivity index (χ3n) is 4.85. The van der Waals surface area contributed by atoms with Gasteiger partial charge in [0.25, 0.3) is 0 Å². The molecule has 2 unspecified atom stereocenters. The summed E-state index contributed by atoms with van der Waals surface area (Å²) in [5.41, 5.74) is 0.772. The van der Waals surface area contributed by atoms with Gasteiger partial charge in [-0.15, -0.1) is 0 Å². The van der Waals surface area contributed by atoms with E-state index in [1.807, 2.05) is 4.90 Å². The molecule has 1 aromatic carbocycles. The van der Waals surface area contributed by atoms with Gasteiger partial charge in [-0.3, -0.25) is 0 Å². The predicted octanol–water partition coefficient (Wildman–Crippen LogP) is 3.24. The van der Waals surface area contributed by atoms with Gasteiger partial charge in [-0.25, -0.2) is 8.78 Å². The normalized spacial score (nSPS) is 30.6. The van der Waals surface area contributed by atoms with Crippen molar-refractivity contribution in [1.82, 2.24) is 5.32 Å². The molecule has 1 aliphatic carbocycles. The van der Waals surface area contributed by atoms with Gasteiger partial charge in [0, 0.05) is 30.7 Å². The van der Waals surface area contributed by atoms with Crippen LogP contribution in [-0.4, -0.2) is 24.7 Å². The van der Waals surface area contributed by atoms with Crippen LogP contribution in [0.15, 0.2) is 12.1 Å². The smallest absolute Gasteiger partial charge is 0.146 e. The second-order valence-corrected chi connectivity index (χ2v) is 6.60. The third-order valence-corrected chi connectivity index (χ3v) is 4.85. The molecule has 0 aromatic heterocycles. The maximum absolute atomic E-state index is 14.2. The minimum Gasteiger partial charge on any atom is -0.363 e. The number of aryl methyl sites for hydroxylation is 1. The molecule has 110 valence electrons. The van der Waals surface area contributed by atoms with Crippen LogP contribution in [0.3, 0.4) is 0 Å². The van der Waals surface area contributed by atoms with Crippen molar-refractivity contribution in [3.8, 4) is 0 Å². The standard InChI is InChI=1S/C16H22F2N2/c1-10-6-14(18)15(7-13(10)17)20-9-16(3,12-4-5-12)19-8-11(20)2/h6-7,11-12,19H,4-5,8-9H2,1-3H3. The molecule has 0 spiro atoms. The second-order valence-electron chi connectivity index (χ2n) is 6.60. The molecule has 4 heteroatoms. The zero-order valence-corrected chi connectivity index (χ0v) is 12.3. The fourth-order valence-corrected chi connectivity index (χ4v) is 3.23. The van der Waals surface area contributed by atoms with Gasteiger partial charge in [0.2, 0.25) is 0 Å². The van der Waals surface area contributed by atoms with E-state index < -0.39 is 0 Å². The van der Waals surface area contributed by atoms with Crippen molar-refractivity contribution >= 4 is 5.69 Å². The lowest BCUT2D eigenvalue weighted by molar-refractivity contribution is 0.259. The largest absolute Gasteiger partial charge is 0.363 e. The lowest BCUT2D eigenvalue weighted by Gasteiger charge is -2.47. The fraction of sp³-hybridized carbons (Fsp3) is 0.625. The molecule has 1 aliphatic heterocycles.